The Bertz CT molecular complexity index is 1040. The minimum Gasteiger partial charge on any atom is -0.309 e. The van der Waals surface area contributed by atoms with E-state index in [0.717, 1.165) is 0 Å². The molecule has 0 aliphatic carbocycles. The third-order valence-corrected chi connectivity index (χ3v) is 2.92. The summed E-state index contributed by atoms with van der Waals surface area (Å²) < 4.78 is 0. The average molecular weight is 324 g/mol. The highest BCUT2D eigenvalue weighted by molar-refractivity contribution is 5.67. The summed E-state index contributed by atoms with van der Waals surface area (Å²) in [4.78, 5) is 51.0. The Morgan fingerprint density at radius 3 is 1.46 bits per heavy atom. The number of hydrogen-bond acceptors (Lipinski definition) is 8. The van der Waals surface area contributed by atoms with Gasteiger partial charge in [-0.1, -0.05) is 0 Å². The summed E-state index contributed by atoms with van der Waals surface area (Å²) in [6.07, 6.45) is 5.95. The van der Waals surface area contributed by atoms with Gasteiger partial charge in [-0.25, -0.2) is 29.9 Å². The van der Waals surface area contributed by atoms with Crippen molar-refractivity contribution >= 4 is 22.3 Å². The molecule has 24 heavy (non-hydrogen) atoms. The molecule has 0 saturated heterocycles. The summed E-state index contributed by atoms with van der Waals surface area (Å²) in [6.45, 7) is 3.41. The fourth-order valence-corrected chi connectivity index (χ4v) is 1.97. The van der Waals surface area contributed by atoms with E-state index in [1.54, 1.807) is 13.8 Å². The maximum Gasteiger partial charge on any atom is 0.279 e. The van der Waals surface area contributed by atoms with E-state index in [4.69, 9.17) is 0 Å². The van der Waals surface area contributed by atoms with Gasteiger partial charge in [-0.15, -0.1) is 0 Å². The zero-order valence-corrected chi connectivity index (χ0v) is 12.8. The van der Waals surface area contributed by atoms with Crippen LogP contribution in [0.3, 0.4) is 0 Å². The molecular weight excluding hydrogens is 312 g/mol. The van der Waals surface area contributed by atoms with E-state index in [1.807, 2.05) is 0 Å². The van der Waals surface area contributed by atoms with Gasteiger partial charge in [0.2, 0.25) is 0 Å². The van der Waals surface area contributed by atoms with Crippen molar-refractivity contribution in [1.82, 2.24) is 39.9 Å². The van der Waals surface area contributed by atoms with Crippen molar-refractivity contribution in [3.8, 4) is 0 Å². The monoisotopic (exact) mass is 324 g/mol. The number of fused-ring (bicyclic) bond motifs is 2. The fraction of sp³-hybridized carbons (Fsp3) is 0.143. The van der Waals surface area contributed by atoms with Crippen LogP contribution in [-0.2, 0) is 0 Å². The second kappa shape index (κ2) is 6.28. The third kappa shape index (κ3) is 3.11. The molecule has 0 aliphatic heterocycles. The minimum absolute atomic E-state index is 0.245. The molecule has 0 aromatic carbocycles. The van der Waals surface area contributed by atoms with Crippen molar-refractivity contribution in [1.29, 1.82) is 0 Å². The van der Waals surface area contributed by atoms with Gasteiger partial charge in [0.1, 0.15) is 11.6 Å². The van der Waals surface area contributed by atoms with Crippen LogP contribution in [0.2, 0.25) is 0 Å². The Morgan fingerprint density at radius 2 is 1.04 bits per heavy atom. The molecule has 0 bridgehead atoms. The number of nitrogens with one attached hydrogen (secondary N) is 2. The van der Waals surface area contributed by atoms with Crippen LogP contribution in [0.15, 0.2) is 34.4 Å². The van der Waals surface area contributed by atoms with E-state index >= 15 is 0 Å². The molecule has 4 heterocycles. The number of aryl methyl sites for hydroxylation is 2. The SMILES string of the molecule is Cc1nc2nccnc2c(=O)[nH]1.Cc1nc2nccnc2c(=O)[nH]1. The third-order valence-electron chi connectivity index (χ3n) is 2.92. The molecular formula is C14H12N8O2. The number of aromatic nitrogens is 8. The maximum atomic E-state index is 11.2. The van der Waals surface area contributed by atoms with E-state index in [0.29, 0.717) is 22.9 Å². The molecule has 4 aromatic heterocycles. The second-order valence-electron chi connectivity index (χ2n) is 4.76. The lowest BCUT2D eigenvalue weighted by molar-refractivity contribution is 1.03. The van der Waals surface area contributed by atoms with Gasteiger partial charge >= 0.3 is 0 Å². The predicted molar refractivity (Wildman–Crippen MR) is 85.4 cm³/mol. The Balaban J connectivity index is 0.000000141. The van der Waals surface area contributed by atoms with Gasteiger partial charge in [0.15, 0.2) is 22.3 Å². The Kier molecular flexibility index (Phi) is 4.01. The summed E-state index contributed by atoms with van der Waals surface area (Å²) in [5, 5.41) is 0. The Morgan fingerprint density at radius 1 is 0.667 bits per heavy atom. The maximum absolute atomic E-state index is 11.2. The summed E-state index contributed by atoms with van der Waals surface area (Å²) in [5.41, 5.74) is 0.847. The van der Waals surface area contributed by atoms with Gasteiger partial charge in [-0.3, -0.25) is 9.59 Å². The Hall–Kier alpha value is -3.56. The summed E-state index contributed by atoms with van der Waals surface area (Å²) >= 11 is 0. The molecule has 0 amide bonds. The zero-order valence-electron chi connectivity index (χ0n) is 12.8. The van der Waals surface area contributed by atoms with Crippen LogP contribution in [0.5, 0.6) is 0 Å². The normalized spacial score (nSPS) is 10.4. The van der Waals surface area contributed by atoms with Gasteiger partial charge in [-0.2, -0.15) is 0 Å². The van der Waals surface area contributed by atoms with Crippen molar-refractivity contribution in [2.75, 3.05) is 0 Å². The lowest BCUT2D eigenvalue weighted by atomic mass is 10.5. The molecule has 4 aromatic rings. The van der Waals surface area contributed by atoms with Crippen molar-refractivity contribution in [3.05, 3.63) is 57.1 Å². The predicted octanol–water partition coefficient (Wildman–Crippen LogP) is 0.0430. The van der Waals surface area contributed by atoms with Crippen molar-refractivity contribution in [2.45, 2.75) is 13.8 Å². The first kappa shape index (κ1) is 15.3. The van der Waals surface area contributed by atoms with Gasteiger partial charge in [0.05, 0.1) is 0 Å². The lowest BCUT2D eigenvalue weighted by Gasteiger charge is -1.94. The molecule has 0 saturated carbocycles. The van der Waals surface area contributed by atoms with Crippen LogP contribution in [0.4, 0.5) is 0 Å². The number of hydrogen-bond donors (Lipinski definition) is 2. The molecule has 120 valence electrons. The molecule has 0 spiro atoms. The number of aromatic amines is 2. The Labute approximate surface area is 134 Å². The number of rotatable bonds is 0. The van der Waals surface area contributed by atoms with E-state index in [1.165, 1.54) is 24.8 Å². The highest BCUT2D eigenvalue weighted by Crippen LogP contribution is 1.97. The lowest BCUT2D eigenvalue weighted by Crippen LogP contribution is -2.11. The molecule has 0 atom stereocenters. The van der Waals surface area contributed by atoms with Gasteiger partial charge in [0.25, 0.3) is 11.1 Å². The number of nitrogens with zero attached hydrogens (tertiary/aromatic N) is 6. The van der Waals surface area contributed by atoms with Crippen molar-refractivity contribution in [3.63, 3.8) is 0 Å². The first-order valence-corrected chi connectivity index (χ1v) is 6.90. The number of H-pyrrole nitrogens is 2. The average Bonchev–Trinajstić information content (AvgIpc) is 2.55. The van der Waals surface area contributed by atoms with Crippen LogP contribution in [0.1, 0.15) is 11.6 Å². The molecule has 0 aliphatic rings. The first-order chi connectivity index (χ1) is 11.5. The van der Waals surface area contributed by atoms with Crippen LogP contribution >= 0.6 is 0 Å². The fourth-order valence-electron chi connectivity index (χ4n) is 1.97. The van der Waals surface area contributed by atoms with Crippen LogP contribution in [0, 0.1) is 13.8 Å². The highest BCUT2D eigenvalue weighted by Gasteiger charge is 2.02. The van der Waals surface area contributed by atoms with Crippen molar-refractivity contribution in [2.24, 2.45) is 0 Å². The quantitative estimate of drug-likeness (QED) is 0.461. The molecule has 4 rings (SSSR count). The summed E-state index contributed by atoms with van der Waals surface area (Å²) in [5.74, 6) is 1.10. The molecule has 0 unspecified atom stereocenters. The van der Waals surface area contributed by atoms with Gasteiger partial charge < -0.3 is 9.97 Å². The van der Waals surface area contributed by atoms with Crippen LogP contribution in [0.25, 0.3) is 22.3 Å². The summed E-state index contributed by atoms with van der Waals surface area (Å²) in [7, 11) is 0. The topological polar surface area (TPSA) is 143 Å². The van der Waals surface area contributed by atoms with E-state index in [9.17, 15) is 9.59 Å². The largest absolute Gasteiger partial charge is 0.309 e. The molecule has 10 heteroatoms. The van der Waals surface area contributed by atoms with Crippen LogP contribution < -0.4 is 11.1 Å². The molecule has 2 N–H and O–H groups in total. The molecule has 0 fully saturated rings. The standard InChI is InChI=1S/2C7H6N4O/c2*1-4-10-6-5(7(12)11-4)8-2-3-9-6/h2*2-3H,1H3,(H,9,10,11,12). The van der Waals surface area contributed by atoms with E-state index < -0.39 is 0 Å². The van der Waals surface area contributed by atoms with Crippen molar-refractivity contribution < 1.29 is 0 Å². The minimum atomic E-state index is -0.245. The molecule has 10 nitrogen and oxygen atoms in total. The smallest absolute Gasteiger partial charge is 0.279 e. The van der Waals surface area contributed by atoms with Gasteiger partial charge in [-0.05, 0) is 13.8 Å². The van der Waals surface area contributed by atoms with Crippen LogP contribution in [-0.4, -0.2) is 39.9 Å². The summed E-state index contributed by atoms with van der Waals surface area (Å²) in [6, 6.07) is 0. The molecule has 0 radical (unpaired) electrons. The highest BCUT2D eigenvalue weighted by atomic mass is 16.1. The first-order valence-electron chi connectivity index (χ1n) is 6.90. The van der Waals surface area contributed by atoms with Gasteiger partial charge in [0, 0.05) is 24.8 Å². The van der Waals surface area contributed by atoms with E-state index in [-0.39, 0.29) is 22.2 Å². The second-order valence-corrected chi connectivity index (χ2v) is 4.76. The zero-order chi connectivity index (χ0) is 17.1. The van der Waals surface area contributed by atoms with E-state index in [2.05, 4.69) is 39.9 Å².